The minimum Gasteiger partial charge on any atom is -0.444 e. The molecular formula is C29H30N6O3. The Balaban J connectivity index is 1.53. The van der Waals surface area contributed by atoms with Crippen LogP contribution in [0.2, 0.25) is 0 Å². The Bertz CT molecular complexity index is 1300. The molecule has 1 aliphatic heterocycles. The number of hydrogen-bond donors (Lipinski definition) is 3. The fourth-order valence-corrected chi connectivity index (χ4v) is 5.00. The van der Waals surface area contributed by atoms with Crippen molar-refractivity contribution in [1.29, 1.82) is 0 Å². The first-order valence-corrected chi connectivity index (χ1v) is 12.5. The second kappa shape index (κ2) is 10.7. The van der Waals surface area contributed by atoms with E-state index >= 15 is 0 Å². The first-order chi connectivity index (χ1) is 18.5. The van der Waals surface area contributed by atoms with Crippen molar-refractivity contribution in [3.05, 3.63) is 114 Å². The van der Waals surface area contributed by atoms with Crippen molar-refractivity contribution in [3.8, 4) is 0 Å². The van der Waals surface area contributed by atoms with Crippen molar-refractivity contribution in [2.24, 2.45) is 12.8 Å². The van der Waals surface area contributed by atoms with Crippen LogP contribution in [0.4, 0.5) is 21.1 Å². The topological polar surface area (TPSA) is 115 Å². The Kier molecular flexibility index (Phi) is 6.99. The maximum atomic E-state index is 13.2. The molecule has 9 nitrogen and oxygen atoms in total. The molecule has 1 aromatic heterocycles. The molecule has 3 aromatic carbocycles. The number of aromatic nitrogens is 2. The van der Waals surface area contributed by atoms with Crippen LogP contribution in [0.25, 0.3) is 0 Å². The predicted molar refractivity (Wildman–Crippen MR) is 146 cm³/mol. The van der Waals surface area contributed by atoms with Gasteiger partial charge in [-0.25, -0.2) is 9.59 Å². The molecule has 9 heteroatoms. The van der Waals surface area contributed by atoms with E-state index in [0.717, 1.165) is 16.7 Å². The molecule has 4 N–H and O–H groups in total. The highest BCUT2D eigenvalue weighted by atomic mass is 16.6. The summed E-state index contributed by atoms with van der Waals surface area (Å²) < 4.78 is 6.78. The SMILES string of the molecule is Cn1ncc(NC(=O)N2CC[C@H](OC(N)=O)C2)c1NC(c1ccccc1)(c1ccccc1)c1ccccc1. The molecule has 194 valence electrons. The molecule has 0 aliphatic carbocycles. The number of urea groups is 1. The van der Waals surface area contributed by atoms with Gasteiger partial charge in [-0.2, -0.15) is 5.10 Å². The second-order valence-electron chi connectivity index (χ2n) is 9.23. The Labute approximate surface area is 221 Å². The van der Waals surface area contributed by atoms with Gasteiger partial charge in [0.2, 0.25) is 0 Å². The van der Waals surface area contributed by atoms with Crippen molar-refractivity contribution in [3.63, 3.8) is 0 Å². The quantitative estimate of drug-likeness (QED) is 0.316. The van der Waals surface area contributed by atoms with Crippen LogP contribution in [0, 0.1) is 0 Å². The van der Waals surface area contributed by atoms with Gasteiger partial charge in [0.15, 0.2) is 0 Å². The highest BCUT2D eigenvalue weighted by Crippen LogP contribution is 2.41. The Hall–Kier alpha value is -4.79. The molecule has 5 rings (SSSR count). The number of nitrogens with two attached hydrogens (primary N) is 1. The highest BCUT2D eigenvalue weighted by molar-refractivity contribution is 5.92. The van der Waals surface area contributed by atoms with Crippen molar-refractivity contribution >= 4 is 23.6 Å². The van der Waals surface area contributed by atoms with Gasteiger partial charge in [0, 0.05) is 20.0 Å². The van der Waals surface area contributed by atoms with Crippen molar-refractivity contribution in [2.75, 3.05) is 23.7 Å². The summed E-state index contributed by atoms with van der Waals surface area (Å²) in [6, 6.07) is 30.3. The van der Waals surface area contributed by atoms with Crippen LogP contribution in [0.3, 0.4) is 0 Å². The molecule has 0 spiro atoms. The van der Waals surface area contributed by atoms with Gasteiger partial charge in [-0.3, -0.25) is 4.68 Å². The monoisotopic (exact) mass is 510 g/mol. The van der Waals surface area contributed by atoms with E-state index in [0.29, 0.717) is 24.5 Å². The lowest BCUT2D eigenvalue weighted by Gasteiger charge is -2.38. The Morgan fingerprint density at radius 1 is 0.921 bits per heavy atom. The Morgan fingerprint density at radius 2 is 1.45 bits per heavy atom. The number of aryl methyl sites for hydroxylation is 1. The van der Waals surface area contributed by atoms with Crippen LogP contribution < -0.4 is 16.4 Å². The summed E-state index contributed by atoms with van der Waals surface area (Å²) in [6.45, 7) is 0.731. The number of rotatable bonds is 7. The summed E-state index contributed by atoms with van der Waals surface area (Å²) in [5, 5.41) is 11.2. The molecule has 1 saturated heterocycles. The Morgan fingerprint density at radius 3 is 1.95 bits per heavy atom. The lowest BCUT2D eigenvalue weighted by atomic mass is 9.77. The van der Waals surface area contributed by atoms with Crippen molar-refractivity contribution < 1.29 is 14.3 Å². The molecule has 0 bridgehead atoms. The maximum absolute atomic E-state index is 13.2. The van der Waals surface area contributed by atoms with Gasteiger partial charge in [-0.05, 0) is 16.7 Å². The van der Waals surface area contributed by atoms with Crippen molar-refractivity contribution in [1.82, 2.24) is 14.7 Å². The van der Waals surface area contributed by atoms with E-state index in [1.807, 2.05) is 61.6 Å². The minimum absolute atomic E-state index is 0.278. The number of likely N-dealkylation sites (tertiary alicyclic amines) is 1. The summed E-state index contributed by atoms with van der Waals surface area (Å²) in [6.07, 6.45) is 0.911. The van der Waals surface area contributed by atoms with E-state index in [2.05, 4.69) is 52.1 Å². The zero-order chi connectivity index (χ0) is 26.5. The molecule has 2 heterocycles. The number of nitrogens with one attached hydrogen (secondary N) is 2. The van der Waals surface area contributed by atoms with Crippen LogP contribution in [0.15, 0.2) is 97.2 Å². The van der Waals surface area contributed by atoms with Crippen LogP contribution in [-0.2, 0) is 17.3 Å². The van der Waals surface area contributed by atoms with Crippen LogP contribution in [0.5, 0.6) is 0 Å². The van der Waals surface area contributed by atoms with Gasteiger partial charge in [-0.1, -0.05) is 91.0 Å². The lowest BCUT2D eigenvalue weighted by Crippen LogP contribution is -2.39. The molecule has 38 heavy (non-hydrogen) atoms. The molecule has 0 unspecified atom stereocenters. The molecule has 3 amide bonds. The average Bonchev–Trinajstić information content (AvgIpc) is 3.54. The van der Waals surface area contributed by atoms with Gasteiger partial charge >= 0.3 is 12.1 Å². The largest absolute Gasteiger partial charge is 0.444 e. The normalized spacial score (nSPS) is 15.2. The predicted octanol–water partition coefficient (Wildman–Crippen LogP) is 4.53. The first kappa shape index (κ1) is 24.9. The third kappa shape index (κ3) is 4.90. The molecule has 0 radical (unpaired) electrons. The highest BCUT2D eigenvalue weighted by Gasteiger charge is 2.38. The molecule has 1 atom stereocenters. The number of nitrogens with zero attached hydrogens (tertiary/aromatic N) is 3. The minimum atomic E-state index is -0.838. The van der Waals surface area contributed by atoms with Crippen LogP contribution >= 0.6 is 0 Å². The lowest BCUT2D eigenvalue weighted by molar-refractivity contribution is 0.111. The summed E-state index contributed by atoms with van der Waals surface area (Å²) in [5.41, 5.74) is 7.98. The van der Waals surface area contributed by atoms with E-state index < -0.39 is 17.7 Å². The number of ether oxygens (including phenoxy) is 1. The average molecular weight is 511 g/mol. The summed E-state index contributed by atoms with van der Waals surface area (Å²) in [7, 11) is 1.83. The fourth-order valence-electron chi connectivity index (χ4n) is 5.00. The number of benzene rings is 3. The van der Waals surface area contributed by atoms with E-state index in [9.17, 15) is 9.59 Å². The number of hydrogen-bond acceptors (Lipinski definition) is 5. The third-order valence-corrected chi connectivity index (χ3v) is 6.82. The van der Waals surface area contributed by atoms with E-state index in [1.54, 1.807) is 15.8 Å². The first-order valence-electron chi connectivity index (χ1n) is 12.5. The zero-order valence-corrected chi connectivity index (χ0v) is 21.1. The number of carbonyl (C=O) groups excluding carboxylic acids is 2. The van der Waals surface area contributed by atoms with Gasteiger partial charge in [0.05, 0.1) is 12.7 Å². The fraction of sp³-hybridized carbons (Fsp3) is 0.207. The van der Waals surface area contributed by atoms with Crippen LogP contribution in [0.1, 0.15) is 23.1 Å². The van der Waals surface area contributed by atoms with E-state index in [4.69, 9.17) is 10.5 Å². The summed E-state index contributed by atoms with van der Waals surface area (Å²) in [5.74, 6) is 0.638. The summed E-state index contributed by atoms with van der Waals surface area (Å²) in [4.78, 5) is 25.9. The number of carbonyl (C=O) groups is 2. The van der Waals surface area contributed by atoms with Crippen LogP contribution in [-0.4, -0.2) is 46.0 Å². The molecule has 1 aliphatic rings. The zero-order valence-electron chi connectivity index (χ0n) is 21.1. The van der Waals surface area contributed by atoms with Gasteiger partial charge in [0.25, 0.3) is 0 Å². The number of anilines is 2. The van der Waals surface area contributed by atoms with E-state index in [1.165, 1.54) is 0 Å². The second-order valence-corrected chi connectivity index (χ2v) is 9.23. The number of amides is 3. The molecular weight excluding hydrogens is 480 g/mol. The summed E-state index contributed by atoms with van der Waals surface area (Å²) >= 11 is 0. The smallest absolute Gasteiger partial charge is 0.404 e. The molecule has 1 fully saturated rings. The van der Waals surface area contributed by atoms with Crippen molar-refractivity contribution in [2.45, 2.75) is 18.1 Å². The van der Waals surface area contributed by atoms with Gasteiger partial charge in [-0.15, -0.1) is 0 Å². The molecule has 4 aromatic rings. The van der Waals surface area contributed by atoms with E-state index in [-0.39, 0.29) is 12.6 Å². The third-order valence-electron chi connectivity index (χ3n) is 6.82. The number of primary amides is 1. The van der Waals surface area contributed by atoms with Gasteiger partial charge < -0.3 is 26.0 Å². The van der Waals surface area contributed by atoms with Gasteiger partial charge in [0.1, 0.15) is 23.1 Å². The molecule has 0 saturated carbocycles. The standard InChI is InChI=1S/C29H30N6O3/c1-34-26(25(19-31-34)32-28(37)35-18-17-24(20-35)38-27(30)36)33-29(21-11-5-2-6-12-21,22-13-7-3-8-14-22)23-15-9-4-10-16-23/h2-16,19,24,33H,17-18,20H2,1H3,(H2,30,36)(H,32,37)/t24-/m0/s1. The maximum Gasteiger partial charge on any atom is 0.404 e.